The van der Waals surface area contributed by atoms with E-state index < -0.39 is 16.1 Å². The van der Waals surface area contributed by atoms with E-state index >= 15 is 0 Å². The quantitative estimate of drug-likeness (QED) is 0.588. The predicted molar refractivity (Wildman–Crippen MR) is 116 cm³/mol. The second-order valence-electron chi connectivity index (χ2n) is 7.29. The lowest BCUT2D eigenvalue weighted by atomic mass is 10.1. The van der Waals surface area contributed by atoms with Gasteiger partial charge < -0.3 is 15.5 Å². The molecule has 3 rings (SSSR count). The number of nitrogens with one attached hydrogen (secondary N) is 2. The summed E-state index contributed by atoms with van der Waals surface area (Å²) in [4.78, 5) is 26.0. The Hall–Kier alpha value is -2.91. The average Bonchev–Trinajstić information content (AvgIpc) is 3.14. The molecule has 1 aliphatic heterocycles. The van der Waals surface area contributed by atoms with Gasteiger partial charge in [-0.2, -0.15) is 0 Å². The Morgan fingerprint density at radius 2 is 1.80 bits per heavy atom. The second kappa shape index (κ2) is 9.27. The number of carbonyl (C=O) groups excluding carboxylic acids is 2. The summed E-state index contributed by atoms with van der Waals surface area (Å²) in [5, 5.41) is 11.1. The Kier molecular flexibility index (Phi) is 6.73. The molecule has 2 aromatic carbocycles. The van der Waals surface area contributed by atoms with Crippen molar-refractivity contribution in [2.45, 2.75) is 37.1 Å². The Bertz CT molecular complexity index is 1000. The number of hydrogen-bond acceptors (Lipinski definition) is 5. The van der Waals surface area contributed by atoms with E-state index in [1.54, 1.807) is 24.0 Å². The zero-order valence-electron chi connectivity index (χ0n) is 16.8. The highest BCUT2D eigenvalue weighted by Crippen LogP contribution is 2.23. The van der Waals surface area contributed by atoms with E-state index in [2.05, 4.69) is 10.6 Å². The number of amides is 2. The molecule has 30 heavy (non-hydrogen) atoms. The van der Waals surface area contributed by atoms with Crippen molar-refractivity contribution >= 4 is 33.2 Å². The van der Waals surface area contributed by atoms with Crippen LogP contribution in [0.25, 0.3) is 0 Å². The monoisotopic (exact) mass is 430 g/mol. The smallest absolute Gasteiger partial charge is 0.242 e. The lowest BCUT2D eigenvalue weighted by Crippen LogP contribution is -2.38. The van der Waals surface area contributed by atoms with E-state index in [4.69, 9.17) is 5.14 Å². The third-order valence-corrected chi connectivity index (χ3v) is 5.92. The number of hydrogen-bond donors (Lipinski definition) is 3. The van der Waals surface area contributed by atoms with E-state index in [0.29, 0.717) is 19.4 Å². The Morgan fingerprint density at radius 1 is 1.13 bits per heavy atom. The molecule has 0 aliphatic carbocycles. The molecule has 0 saturated carbocycles. The largest absolute Gasteiger partial charge is 0.374 e. The molecule has 160 valence electrons. The fraction of sp³-hybridized carbons (Fsp3) is 0.333. The normalized spacial score (nSPS) is 15.1. The number of sulfonamides is 1. The van der Waals surface area contributed by atoms with Crippen LogP contribution in [0.15, 0.2) is 53.4 Å². The van der Waals surface area contributed by atoms with Gasteiger partial charge in [0.05, 0.1) is 4.90 Å². The van der Waals surface area contributed by atoms with Crippen molar-refractivity contribution in [3.05, 3.63) is 54.1 Å². The van der Waals surface area contributed by atoms with Gasteiger partial charge in [-0.25, -0.2) is 13.6 Å². The molecular weight excluding hydrogens is 404 g/mol. The third-order valence-electron chi connectivity index (χ3n) is 4.99. The number of rotatable bonds is 8. The molecule has 1 fully saturated rings. The van der Waals surface area contributed by atoms with Gasteiger partial charge in [-0.05, 0) is 61.7 Å². The van der Waals surface area contributed by atoms with Crippen LogP contribution < -0.4 is 20.7 Å². The molecule has 1 aliphatic rings. The maximum Gasteiger partial charge on any atom is 0.242 e. The number of anilines is 2. The number of primary sulfonamides is 1. The minimum atomic E-state index is -3.70. The first-order valence-corrected chi connectivity index (χ1v) is 11.3. The van der Waals surface area contributed by atoms with Crippen molar-refractivity contribution < 1.29 is 18.0 Å². The van der Waals surface area contributed by atoms with E-state index in [1.807, 2.05) is 24.3 Å². The van der Waals surface area contributed by atoms with Gasteiger partial charge in [0.2, 0.25) is 21.8 Å². The lowest BCUT2D eigenvalue weighted by Gasteiger charge is -2.18. The molecule has 0 radical (unpaired) electrons. The Morgan fingerprint density at radius 3 is 2.37 bits per heavy atom. The highest BCUT2D eigenvalue weighted by Gasteiger charge is 2.21. The summed E-state index contributed by atoms with van der Waals surface area (Å²) >= 11 is 0. The summed E-state index contributed by atoms with van der Waals surface area (Å²) in [6.07, 6.45) is 2.04. The molecule has 2 aromatic rings. The molecule has 0 aromatic heterocycles. The van der Waals surface area contributed by atoms with Crippen LogP contribution in [0, 0.1) is 0 Å². The Balaban J connectivity index is 1.46. The standard InChI is InChI=1S/C21H26N4O4S/c1-15(24-17-6-8-18(9-7-17)25-14-2-3-20(25)26)21(27)23-13-12-16-4-10-19(11-5-16)30(22,28)29/h4-11,15,24H,2-3,12-14H2,1H3,(H,23,27)(H2,22,28,29). The van der Waals surface area contributed by atoms with Crippen LogP contribution in [0.5, 0.6) is 0 Å². The van der Waals surface area contributed by atoms with Crippen LogP contribution >= 0.6 is 0 Å². The van der Waals surface area contributed by atoms with Gasteiger partial charge >= 0.3 is 0 Å². The summed E-state index contributed by atoms with van der Waals surface area (Å²) in [6, 6.07) is 13.3. The summed E-state index contributed by atoms with van der Waals surface area (Å²) in [6.45, 7) is 2.94. The Labute approximate surface area is 176 Å². The zero-order chi connectivity index (χ0) is 21.7. The summed E-state index contributed by atoms with van der Waals surface area (Å²) in [5.74, 6) is -0.00213. The topological polar surface area (TPSA) is 122 Å². The van der Waals surface area contributed by atoms with Gasteiger partial charge in [-0.15, -0.1) is 0 Å². The van der Waals surface area contributed by atoms with E-state index in [-0.39, 0.29) is 16.7 Å². The highest BCUT2D eigenvalue weighted by atomic mass is 32.2. The summed E-state index contributed by atoms with van der Waals surface area (Å²) in [7, 11) is -3.70. The fourth-order valence-electron chi connectivity index (χ4n) is 3.30. The molecule has 1 heterocycles. The zero-order valence-corrected chi connectivity index (χ0v) is 17.6. The van der Waals surface area contributed by atoms with Gasteiger partial charge in [0.1, 0.15) is 6.04 Å². The number of nitrogens with two attached hydrogens (primary N) is 1. The van der Waals surface area contributed by atoms with Crippen molar-refractivity contribution in [2.24, 2.45) is 5.14 Å². The molecule has 1 saturated heterocycles. The first-order valence-electron chi connectivity index (χ1n) is 9.80. The van der Waals surface area contributed by atoms with Gasteiger partial charge in [0.15, 0.2) is 0 Å². The van der Waals surface area contributed by atoms with Crippen molar-refractivity contribution in [2.75, 3.05) is 23.3 Å². The van der Waals surface area contributed by atoms with Gasteiger partial charge in [-0.3, -0.25) is 9.59 Å². The molecular formula is C21H26N4O4S. The highest BCUT2D eigenvalue weighted by molar-refractivity contribution is 7.89. The molecule has 4 N–H and O–H groups in total. The third kappa shape index (κ3) is 5.58. The van der Waals surface area contributed by atoms with Crippen molar-refractivity contribution in [1.82, 2.24) is 5.32 Å². The molecule has 0 spiro atoms. The van der Waals surface area contributed by atoms with Crippen molar-refractivity contribution in [1.29, 1.82) is 0 Å². The van der Waals surface area contributed by atoms with Crippen LogP contribution in [0.2, 0.25) is 0 Å². The van der Waals surface area contributed by atoms with E-state index in [0.717, 1.165) is 29.9 Å². The van der Waals surface area contributed by atoms with Crippen LogP contribution in [-0.2, 0) is 26.0 Å². The molecule has 9 heteroatoms. The first-order chi connectivity index (χ1) is 14.2. The van der Waals surface area contributed by atoms with Gasteiger partial charge in [0, 0.05) is 30.9 Å². The fourth-order valence-corrected chi connectivity index (χ4v) is 3.82. The van der Waals surface area contributed by atoms with Gasteiger partial charge in [0.25, 0.3) is 0 Å². The lowest BCUT2D eigenvalue weighted by molar-refractivity contribution is -0.121. The molecule has 0 bridgehead atoms. The van der Waals surface area contributed by atoms with E-state index in [9.17, 15) is 18.0 Å². The summed E-state index contributed by atoms with van der Waals surface area (Å²) in [5.41, 5.74) is 2.57. The SMILES string of the molecule is CC(Nc1ccc(N2CCCC2=O)cc1)C(=O)NCCc1ccc(S(N)(=O)=O)cc1. The maximum atomic E-state index is 12.3. The molecule has 1 unspecified atom stereocenters. The first kappa shape index (κ1) is 21.8. The minimum absolute atomic E-state index is 0.0632. The number of nitrogens with zero attached hydrogens (tertiary/aromatic N) is 1. The second-order valence-corrected chi connectivity index (χ2v) is 8.85. The van der Waals surface area contributed by atoms with Gasteiger partial charge in [-0.1, -0.05) is 12.1 Å². The molecule has 2 amide bonds. The average molecular weight is 431 g/mol. The maximum absolute atomic E-state index is 12.3. The van der Waals surface area contributed by atoms with Crippen LogP contribution in [-0.4, -0.2) is 39.4 Å². The van der Waals surface area contributed by atoms with E-state index in [1.165, 1.54) is 12.1 Å². The molecule has 8 nitrogen and oxygen atoms in total. The van der Waals surface area contributed by atoms with Crippen LogP contribution in [0.4, 0.5) is 11.4 Å². The van der Waals surface area contributed by atoms with Crippen LogP contribution in [0.3, 0.4) is 0 Å². The number of carbonyl (C=O) groups is 2. The molecule has 1 atom stereocenters. The minimum Gasteiger partial charge on any atom is -0.374 e. The predicted octanol–water partition coefficient (Wildman–Crippen LogP) is 1.62. The van der Waals surface area contributed by atoms with Crippen molar-refractivity contribution in [3.63, 3.8) is 0 Å². The van der Waals surface area contributed by atoms with Crippen molar-refractivity contribution in [3.8, 4) is 0 Å². The van der Waals surface area contributed by atoms with Crippen LogP contribution in [0.1, 0.15) is 25.3 Å². The summed E-state index contributed by atoms with van der Waals surface area (Å²) < 4.78 is 22.5. The number of benzene rings is 2.